The van der Waals surface area contributed by atoms with Gasteiger partial charge in [0.2, 0.25) is 0 Å². The quantitative estimate of drug-likeness (QED) is 0.217. The van der Waals surface area contributed by atoms with Crippen molar-refractivity contribution < 1.29 is 4.48 Å². The summed E-state index contributed by atoms with van der Waals surface area (Å²) in [7, 11) is 0. The van der Waals surface area contributed by atoms with Gasteiger partial charge >= 0.3 is 0 Å². The molecule has 124 valence electrons. The summed E-state index contributed by atoms with van der Waals surface area (Å²) < 4.78 is 0.904. The molecule has 1 nitrogen and oxygen atoms in total. The van der Waals surface area contributed by atoms with Gasteiger partial charge in [0, 0.05) is 0 Å². The summed E-state index contributed by atoms with van der Waals surface area (Å²) in [6.07, 6.45) is 20.5. The molecule has 0 heterocycles. The minimum atomic E-state index is 0.904. The molecule has 0 unspecified atom stereocenters. The summed E-state index contributed by atoms with van der Waals surface area (Å²) >= 11 is 0. The second kappa shape index (κ2) is 14.4. The maximum absolute atomic E-state index is 4.06. The Kier molecular flexibility index (Phi) is 14.0. The average Bonchev–Trinajstić information content (AvgIpc) is 2.52. The summed E-state index contributed by atoms with van der Waals surface area (Å²) in [5.74, 6) is 0. The molecule has 0 aliphatic carbocycles. The van der Waals surface area contributed by atoms with Crippen molar-refractivity contribution in [1.29, 1.82) is 0 Å². The van der Waals surface area contributed by atoms with Crippen LogP contribution in [-0.2, 0) is 0 Å². The van der Waals surface area contributed by atoms with Gasteiger partial charge in [-0.1, -0.05) is 65.2 Å². The number of nitrogens with zero attached hydrogens (tertiary/aromatic N) is 1. The Labute approximate surface area is 134 Å². The Balaban J connectivity index is 3.84. The maximum Gasteiger partial charge on any atom is 0.0931 e. The molecule has 0 fully saturated rings. The highest BCUT2D eigenvalue weighted by atomic mass is 15.3. The molecule has 0 atom stereocenters. The van der Waals surface area contributed by atoms with Gasteiger partial charge in [0.1, 0.15) is 0 Å². The fourth-order valence-corrected chi connectivity index (χ4v) is 2.92. The molecule has 0 aliphatic heterocycles. The maximum atomic E-state index is 4.06. The van der Waals surface area contributed by atoms with Gasteiger partial charge in [-0.05, 0) is 38.8 Å². The van der Waals surface area contributed by atoms with Crippen LogP contribution in [0.4, 0.5) is 0 Å². The van der Waals surface area contributed by atoms with Crippen molar-refractivity contribution >= 4 is 0 Å². The third-order valence-corrected chi connectivity index (χ3v) is 4.58. The first-order valence-corrected chi connectivity index (χ1v) is 9.38. The second-order valence-corrected chi connectivity index (χ2v) is 6.45. The monoisotopic (exact) mass is 294 g/mol. The van der Waals surface area contributed by atoms with Crippen molar-refractivity contribution in [3.05, 3.63) is 25.6 Å². The van der Waals surface area contributed by atoms with E-state index in [1.165, 1.54) is 90.1 Å². The van der Waals surface area contributed by atoms with E-state index in [1.807, 2.05) is 0 Å². The predicted molar refractivity (Wildman–Crippen MR) is 97.1 cm³/mol. The largest absolute Gasteiger partial charge is 0.272 e. The van der Waals surface area contributed by atoms with Gasteiger partial charge in [-0.3, -0.25) is 4.48 Å². The molecule has 0 saturated heterocycles. The van der Waals surface area contributed by atoms with Gasteiger partial charge in [-0.15, -0.1) is 0 Å². The number of quaternary nitrogens is 1. The van der Waals surface area contributed by atoms with E-state index in [-0.39, 0.29) is 0 Å². The highest BCUT2D eigenvalue weighted by molar-refractivity contribution is 4.67. The van der Waals surface area contributed by atoms with Crippen LogP contribution in [0, 0.1) is 0 Å². The molecule has 21 heavy (non-hydrogen) atoms. The van der Waals surface area contributed by atoms with Crippen LogP contribution >= 0.6 is 0 Å². The van der Waals surface area contributed by atoms with Gasteiger partial charge in [-0.25, -0.2) is 0 Å². The van der Waals surface area contributed by atoms with Crippen LogP contribution in [0.1, 0.15) is 90.9 Å². The van der Waals surface area contributed by atoms with E-state index in [0.29, 0.717) is 0 Å². The van der Waals surface area contributed by atoms with Crippen LogP contribution in [-0.4, -0.2) is 17.6 Å². The molecule has 0 rings (SSSR count). The Bertz CT molecular complexity index is 218. The van der Waals surface area contributed by atoms with E-state index in [1.54, 1.807) is 0 Å². The molecule has 0 bridgehead atoms. The fraction of sp³-hybridized carbons (Fsp3) is 0.800. The molecule has 0 aromatic heterocycles. The van der Waals surface area contributed by atoms with Crippen molar-refractivity contribution in [1.82, 2.24) is 0 Å². The Hall–Kier alpha value is -0.560. The van der Waals surface area contributed by atoms with E-state index in [2.05, 4.69) is 39.4 Å². The van der Waals surface area contributed by atoms with Gasteiger partial charge in [0.05, 0.1) is 25.5 Å². The molecule has 0 N–H and O–H groups in total. The van der Waals surface area contributed by atoms with Gasteiger partial charge in [-0.2, -0.15) is 0 Å². The van der Waals surface area contributed by atoms with Crippen molar-refractivity contribution in [2.45, 2.75) is 90.9 Å². The van der Waals surface area contributed by atoms with Gasteiger partial charge in [0.25, 0.3) is 0 Å². The van der Waals surface area contributed by atoms with Crippen LogP contribution in [0.3, 0.4) is 0 Å². The highest BCUT2D eigenvalue weighted by Crippen LogP contribution is 2.16. The zero-order valence-corrected chi connectivity index (χ0v) is 14.9. The SMILES string of the molecule is C=C[N+](C=C)(CCCCCCCC)CCCCCCCC. The first-order chi connectivity index (χ1) is 10.2. The lowest BCUT2D eigenvalue weighted by molar-refractivity contribution is -0.828. The predicted octanol–water partition coefficient (Wildman–Crippen LogP) is 6.81. The lowest BCUT2D eigenvalue weighted by Crippen LogP contribution is -2.38. The molecular formula is C20H40N+. The van der Waals surface area contributed by atoms with Crippen molar-refractivity contribution in [3.63, 3.8) is 0 Å². The number of unbranched alkanes of at least 4 members (excludes halogenated alkanes) is 10. The number of hydrogen-bond acceptors (Lipinski definition) is 0. The lowest BCUT2D eigenvalue weighted by atomic mass is 10.1. The van der Waals surface area contributed by atoms with E-state index >= 15 is 0 Å². The summed E-state index contributed by atoms with van der Waals surface area (Å²) in [6, 6.07) is 0. The molecule has 0 aliphatic rings. The smallest absolute Gasteiger partial charge is 0.0931 e. The van der Waals surface area contributed by atoms with E-state index in [0.717, 1.165) is 4.48 Å². The summed E-state index contributed by atoms with van der Waals surface area (Å²) in [5.41, 5.74) is 0. The molecular weight excluding hydrogens is 254 g/mol. The van der Waals surface area contributed by atoms with E-state index < -0.39 is 0 Å². The van der Waals surface area contributed by atoms with Crippen LogP contribution in [0.15, 0.2) is 25.6 Å². The third-order valence-electron chi connectivity index (χ3n) is 4.58. The molecule has 0 spiro atoms. The number of hydrogen-bond donors (Lipinski definition) is 0. The molecule has 0 radical (unpaired) electrons. The minimum absolute atomic E-state index is 0.904. The third kappa shape index (κ3) is 10.8. The zero-order valence-electron chi connectivity index (χ0n) is 14.9. The van der Waals surface area contributed by atoms with Gasteiger partial charge in [0.15, 0.2) is 0 Å². The Morgan fingerprint density at radius 2 is 0.905 bits per heavy atom. The first-order valence-electron chi connectivity index (χ1n) is 9.38. The van der Waals surface area contributed by atoms with Crippen molar-refractivity contribution in [3.8, 4) is 0 Å². The first kappa shape index (κ1) is 20.4. The van der Waals surface area contributed by atoms with E-state index in [4.69, 9.17) is 0 Å². The van der Waals surface area contributed by atoms with Crippen LogP contribution < -0.4 is 0 Å². The highest BCUT2D eigenvalue weighted by Gasteiger charge is 2.19. The van der Waals surface area contributed by atoms with Gasteiger partial charge < -0.3 is 0 Å². The van der Waals surface area contributed by atoms with Crippen LogP contribution in [0.25, 0.3) is 0 Å². The Morgan fingerprint density at radius 3 is 1.24 bits per heavy atom. The standard InChI is InChI=1S/C20H40N/c1-5-9-11-13-15-17-19-21(7-3,8-4)20-18-16-14-12-10-6-2/h7-8H,3-6,9-20H2,1-2H3/q+1. The molecule has 0 aromatic carbocycles. The normalized spacial score (nSPS) is 11.5. The molecule has 0 amide bonds. The second-order valence-electron chi connectivity index (χ2n) is 6.45. The minimum Gasteiger partial charge on any atom is -0.272 e. The Morgan fingerprint density at radius 1 is 0.571 bits per heavy atom. The summed E-state index contributed by atoms with van der Waals surface area (Å²) in [4.78, 5) is 0. The average molecular weight is 295 g/mol. The topological polar surface area (TPSA) is 0 Å². The molecule has 1 heteroatoms. The summed E-state index contributed by atoms with van der Waals surface area (Å²) in [6.45, 7) is 15.1. The zero-order chi connectivity index (χ0) is 15.8. The lowest BCUT2D eigenvalue weighted by Gasteiger charge is -2.30. The van der Waals surface area contributed by atoms with E-state index in [9.17, 15) is 0 Å². The summed E-state index contributed by atoms with van der Waals surface area (Å²) in [5, 5.41) is 0. The fourth-order valence-electron chi connectivity index (χ4n) is 2.92. The molecule has 0 aromatic rings. The molecule has 0 saturated carbocycles. The van der Waals surface area contributed by atoms with Crippen molar-refractivity contribution in [2.24, 2.45) is 0 Å². The van der Waals surface area contributed by atoms with Crippen molar-refractivity contribution in [2.75, 3.05) is 13.1 Å². The van der Waals surface area contributed by atoms with Crippen LogP contribution in [0.2, 0.25) is 0 Å². The number of rotatable bonds is 16. The van der Waals surface area contributed by atoms with Crippen LogP contribution in [0.5, 0.6) is 0 Å².